The molecule has 1 amide bonds. The molecule has 1 rings (SSSR count). The Hall–Kier alpha value is -2.41. The van der Waals surface area contributed by atoms with Gasteiger partial charge in [0.15, 0.2) is 0 Å². The molecule has 0 aliphatic heterocycles. The molecule has 17 heavy (non-hydrogen) atoms. The summed E-state index contributed by atoms with van der Waals surface area (Å²) in [5, 5.41) is 11.2. The van der Waals surface area contributed by atoms with Crippen molar-refractivity contribution in [1.82, 2.24) is 10.3 Å². The third-order valence-electron chi connectivity index (χ3n) is 2.12. The van der Waals surface area contributed by atoms with E-state index in [1.165, 1.54) is 6.20 Å². The molecular weight excluding hydrogens is 214 g/mol. The average Bonchev–Trinajstić information content (AvgIpc) is 2.39. The minimum atomic E-state index is -0.186. The molecule has 4 heteroatoms. The van der Waals surface area contributed by atoms with E-state index in [0.717, 1.165) is 0 Å². The van der Waals surface area contributed by atoms with Gasteiger partial charge in [-0.2, -0.15) is 5.26 Å². The Morgan fingerprint density at radius 3 is 2.76 bits per heavy atom. The van der Waals surface area contributed by atoms with E-state index < -0.39 is 0 Å². The Bertz CT molecular complexity index is 492. The zero-order chi connectivity index (χ0) is 12.7. The first kappa shape index (κ1) is 12.7. The van der Waals surface area contributed by atoms with Gasteiger partial charge in [-0.25, -0.2) is 4.98 Å². The summed E-state index contributed by atoms with van der Waals surface area (Å²) in [5.41, 5.74) is 1.53. The quantitative estimate of drug-likeness (QED) is 0.630. The molecule has 0 fully saturated rings. The number of rotatable bonds is 3. The highest BCUT2D eigenvalue weighted by Gasteiger charge is 2.09. The molecule has 1 aromatic rings. The Kier molecular flexibility index (Phi) is 4.64. The number of hydrogen-bond donors (Lipinski definition) is 1. The van der Waals surface area contributed by atoms with Crippen LogP contribution in [0, 0.1) is 11.3 Å². The monoisotopic (exact) mass is 227 g/mol. The third kappa shape index (κ3) is 3.28. The van der Waals surface area contributed by atoms with E-state index in [1.807, 2.05) is 19.1 Å². The van der Waals surface area contributed by atoms with Gasteiger partial charge in [0.1, 0.15) is 11.8 Å². The summed E-state index contributed by atoms with van der Waals surface area (Å²) in [7, 11) is 1.57. The summed E-state index contributed by atoms with van der Waals surface area (Å²) in [6.45, 7) is 1.87. The first-order chi connectivity index (χ1) is 8.22. The molecule has 0 saturated carbocycles. The summed E-state index contributed by atoms with van der Waals surface area (Å²) in [5.74, 6) is -0.186. The van der Waals surface area contributed by atoms with Crippen molar-refractivity contribution in [3.05, 3.63) is 47.8 Å². The largest absolute Gasteiger partial charge is 0.355 e. The van der Waals surface area contributed by atoms with Gasteiger partial charge in [-0.1, -0.05) is 12.2 Å². The second kappa shape index (κ2) is 6.23. The summed E-state index contributed by atoms with van der Waals surface area (Å²) in [4.78, 5) is 15.6. The van der Waals surface area contributed by atoms with E-state index in [2.05, 4.69) is 10.3 Å². The lowest BCUT2D eigenvalue weighted by atomic mass is 10.1. The molecule has 0 aromatic carbocycles. The van der Waals surface area contributed by atoms with Crippen LogP contribution in [0.3, 0.4) is 0 Å². The van der Waals surface area contributed by atoms with Crippen LogP contribution in [-0.2, 0) is 4.79 Å². The van der Waals surface area contributed by atoms with Crippen LogP contribution in [0.25, 0.3) is 5.57 Å². The second-order valence-corrected chi connectivity index (χ2v) is 3.23. The lowest BCUT2D eigenvalue weighted by Crippen LogP contribution is -2.19. The van der Waals surface area contributed by atoms with Crippen LogP contribution >= 0.6 is 0 Å². The van der Waals surface area contributed by atoms with E-state index in [9.17, 15) is 4.79 Å². The molecular formula is C13H13N3O. The first-order valence-electron chi connectivity index (χ1n) is 5.14. The minimum absolute atomic E-state index is 0.186. The third-order valence-corrected chi connectivity index (χ3v) is 2.12. The van der Waals surface area contributed by atoms with Crippen LogP contribution in [0.1, 0.15) is 18.2 Å². The molecule has 0 bridgehead atoms. The molecule has 0 spiro atoms. The molecule has 1 aromatic heterocycles. The molecule has 0 radical (unpaired) electrons. The van der Waals surface area contributed by atoms with Gasteiger partial charge in [0.05, 0.1) is 0 Å². The number of carbonyl (C=O) groups is 1. The van der Waals surface area contributed by atoms with E-state index >= 15 is 0 Å². The predicted octanol–water partition coefficient (Wildman–Crippen LogP) is 1.66. The van der Waals surface area contributed by atoms with Crippen molar-refractivity contribution in [1.29, 1.82) is 5.26 Å². The van der Waals surface area contributed by atoms with Crippen molar-refractivity contribution in [2.24, 2.45) is 0 Å². The zero-order valence-electron chi connectivity index (χ0n) is 9.77. The van der Waals surface area contributed by atoms with Gasteiger partial charge >= 0.3 is 0 Å². The number of pyridine rings is 1. The normalized spacial score (nSPS) is 11.2. The fourth-order valence-electron chi connectivity index (χ4n) is 1.25. The molecule has 1 N–H and O–H groups in total. The van der Waals surface area contributed by atoms with Crippen molar-refractivity contribution < 1.29 is 4.79 Å². The predicted molar refractivity (Wildman–Crippen MR) is 65.8 cm³/mol. The number of allylic oxidation sites excluding steroid dienone is 3. The van der Waals surface area contributed by atoms with Crippen LogP contribution in [-0.4, -0.2) is 17.9 Å². The number of carbonyl (C=O) groups excluding carboxylic acids is 1. The van der Waals surface area contributed by atoms with E-state index in [0.29, 0.717) is 16.8 Å². The smallest absolute Gasteiger partial charge is 0.251 e. The zero-order valence-corrected chi connectivity index (χ0v) is 9.77. The standard InChI is InChI=1S/C13H13N3O/c1-3-4-5-12(13(17)15-2)10-6-7-11(8-14)16-9-10/h3-7,9H,1-2H3,(H,15,17)/b4-3-,12-5-. The molecule has 4 nitrogen and oxygen atoms in total. The molecule has 86 valence electrons. The maximum absolute atomic E-state index is 11.7. The number of nitrogens with zero attached hydrogens (tertiary/aromatic N) is 2. The topological polar surface area (TPSA) is 65.8 Å². The second-order valence-electron chi connectivity index (χ2n) is 3.23. The van der Waals surface area contributed by atoms with Crippen LogP contribution in [0.15, 0.2) is 36.6 Å². The van der Waals surface area contributed by atoms with Gasteiger partial charge in [-0.15, -0.1) is 0 Å². The van der Waals surface area contributed by atoms with Gasteiger partial charge in [0.25, 0.3) is 5.91 Å². The number of aromatic nitrogens is 1. The summed E-state index contributed by atoms with van der Waals surface area (Å²) < 4.78 is 0. The Labute approximate surface area is 100 Å². The summed E-state index contributed by atoms with van der Waals surface area (Å²) >= 11 is 0. The highest BCUT2D eigenvalue weighted by Crippen LogP contribution is 2.14. The van der Waals surface area contributed by atoms with Crippen LogP contribution in [0.5, 0.6) is 0 Å². The van der Waals surface area contributed by atoms with Crippen LogP contribution in [0.2, 0.25) is 0 Å². The van der Waals surface area contributed by atoms with E-state index in [4.69, 9.17) is 5.26 Å². The highest BCUT2D eigenvalue weighted by molar-refractivity contribution is 6.19. The molecule has 1 heterocycles. The maximum Gasteiger partial charge on any atom is 0.251 e. The van der Waals surface area contributed by atoms with Crippen molar-refractivity contribution in [3.63, 3.8) is 0 Å². The number of nitrogens with one attached hydrogen (secondary N) is 1. The summed E-state index contributed by atoms with van der Waals surface area (Å²) in [6.07, 6.45) is 6.84. The Morgan fingerprint density at radius 2 is 2.29 bits per heavy atom. The minimum Gasteiger partial charge on any atom is -0.355 e. The number of nitriles is 1. The lowest BCUT2D eigenvalue weighted by Gasteiger charge is -2.04. The SMILES string of the molecule is C/C=C\C=C(/C(=O)NC)c1ccc(C#N)nc1. The van der Waals surface area contributed by atoms with Crippen molar-refractivity contribution in [3.8, 4) is 6.07 Å². The lowest BCUT2D eigenvalue weighted by molar-refractivity contribution is -0.115. The highest BCUT2D eigenvalue weighted by atomic mass is 16.1. The van der Waals surface area contributed by atoms with E-state index in [1.54, 1.807) is 31.3 Å². The number of hydrogen-bond acceptors (Lipinski definition) is 3. The van der Waals surface area contributed by atoms with Crippen molar-refractivity contribution in [2.75, 3.05) is 7.05 Å². The van der Waals surface area contributed by atoms with Gasteiger partial charge in [0.2, 0.25) is 0 Å². The van der Waals surface area contributed by atoms with Crippen LogP contribution in [0.4, 0.5) is 0 Å². The van der Waals surface area contributed by atoms with Gasteiger partial charge < -0.3 is 5.32 Å². The first-order valence-corrected chi connectivity index (χ1v) is 5.14. The van der Waals surface area contributed by atoms with Gasteiger partial charge in [0, 0.05) is 24.4 Å². The Morgan fingerprint density at radius 1 is 1.53 bits per heavy atom. The fourth-order valence-corrected chi connectivity index (χ4v) is 1.25. The molecule has 0 unspecified atom stereocenters. The fraction of sp³-hybridized carbons (Fsp3) is 0.154. The van der Waals surface area contributed by atoms with Crippen molar-refractivity contribution in [2.45, 2.75) is 6.92 Å². The molecule has 0 atom stereocenters. The molecule has 0 aliphatic rings. The number of amides is 1. The van der Waals surface area contributed by atoms with E-state index in [-0.39, 0.29) is 5.91 Å². The van der Waals surface area contributed by atoms with Gasteiger partial charge in [-0.05, 0) is 25.1 Å². The summed E-state index contributed by atoms with van der Waals surface area (Å²) in [6, 6.07) is 5.22. The molecule has 0 saturated heterocycles. The Balaban J connectivity index is 3.14. The maximum atomic E-state index is 11.7. The van der Waals surface area contributed by atoms with Crippen molar-refractivity contribution >= 4 is 11.5 Å². The number of likely N-dealkylation sites (N-methyl/N-ethyl adjacent to an activating group) is 1. The van der Waals surface area contributed by atoms with Crippen LogP contribution < -0.4 is 5.32 Å². The van der Waals surface area contributed by atoms with Gasteiger partial charge in [-0.3, -0.25) is 4.79 Å². The average molecular weight is 227 g/mol. The molecule has 0 aliphatic carbocycles.